The summed E-state index contributed by atoms with van der Waals surface area (Å²) in [6.45, 7) is 6.54. The van der Waals surface area contributed by atoms with E-state index in [0.717, 1.165) is 74.4 Å². The van der Waals surface area contributed by atoms with Crippen LogP contribution in [0.4, 0.5) is 5.69 Å². The van der Waals surface area contributed by atoms with Gasteiger partial charge in [0, 0.05) is 43.4 Å². The van der Waals surface area contributed by atoms with Crippen LogP contribution in [0, 0.1) is 17.8 Å². The normalized spacial score (nSPS) is 29.9. The van der Waals surface area contributed by atoms with Gasteiger partial charge in [0.25, 0.3) is 5.91 Å². The molecule has 0 saturated heterocycles. The highest BCUT2D eigenvalue weighted by atomic mass is 35.5. The average Bonchev–Trinajstić information content (AvgIpc) is 3.62. The average molecular weight is 726 g/mol. The first-order chi connectivity index (χ1) is 24.0. The molecule has 2 bridgehead atoms. The topological polar surface area (TPSA) is 88.2 Å². The molecule has 2 fully saturated rings. The number of sulfonamides is 1. The molecule has 1 N–H and O–H groups in total. The highest BCUT2D eigenvalue weighted by molar-refractivity contribution is 7.90. The van der Waals surface area contributed by atoms with Crippen LogP contribution in [0.2, 0.25) is 5.02 Å². The van der Waals surface area contributed by atoms with Crippen molar-refractivity contribution in [2.75, 3.05) is 38.7 Å². The summed E-state index contributed by atoms with van der Waals surface area (Å²) in [7, 11) is 0.176. The number of fused-ring (bicyclic) bond motifs is 3. The van der Waals surface area contributed by atoms with Gasteiger partial charge >= 0.3 is 0 Å². The summed E-state index contributed by atoms with van der Waals surface area (Å²) in [5.74, 6) is 0.557. The molecular weight excluding hydrogens is 670 g/mol. The first kappa shape index (κ1) is 37.2. The predicted octanol–water partition coefficient (Wildman–Crippen LogP) is 7.78. The van der Waals surface area contributed by atoms with Gasteiger partial charge < -0.3 is 19.3 Å². The maximum absolute atomic E-state index is 13.6. The lowest BCUT2D eigenvalue weighted by Gasteiger charge is -2.50. The summed E-state index contributed by atoms with van der Waals surface area (Å²) < 4.78 is 42.6. The van der Waals surface area contributed by atoms with Crippen LogP contribution in [0.5, 0.6) is 5.75 Å². The van der Waals surface area contributed by atoms with E-state index < -0.39 is 26.8 Å². The van der Waals surface area contributed by atoms with E-state index in [2.05, 4.69) is 33.7 Å². The number of amides is 1. The largest absolute Gasteiger partial charge is 0.487 e. The Labute approximate surface area is 305 Å². The molecule has 10 heteroatoms. The monoisotopic (exact) mass is 725 g/mol. The Morgan fingerprint density at radius 3 is 2.58 bits per heavy atom. The molecule has 2 aliphatic heterocycles. The van der Waals surface area contributed by atoms with Gasteiger partial charge in [-0.05, 0) is 131 Å². The summed E-state index contributed by atoms with van der Waals surface area (Å²) in [6.07, 6.45) is 16.0. The molecule has 50 heavy (non-hydrogen) atoms. The van der Waals surface area contributed by atoms with Gasteiger partial charge in [-0.25, -0.2) is 13.1 Å². The fraction of sp³-hybridized carbons (Fsp3) is 0.625. The van der Waals surface area contributed by atoms with Crippen LogP contribution in [-0.2, 0) is 27.8 Å². The van der Waals surface area contributed by atoms with Gasteiger partial charge in [-0.2, -0.15) is 0 Å². The molecule has 0 aromatic heterocycles. The zero-order valence-corrected chi connectivity index (χ0v) is 31.9. The van der Waals surface area contributed by atoms with E-state index in [1.54, 1.807) is 13.0 Å². The minimum absolute atomic E-state index is 0.202. The predicted molar refractivity (Wildman–Crippen MR) is 202 cm³/mol. The molecule has 2 aromatic rings. The Morgan fingerprint density at radius 1 is 1.04 bits per heavy atom. The van der Waals surface area contributed by atoms with E-state index in [1.807, 2.05) is 44.4 Å². The Balaban J connectivity index is 1.38. The molecule has 2 aromatic carbocycles. The summed E-state index contributed by atoms with van der Waals surface area (Å²) in [6, 6.07) is 11.9. The van der Waals surface area contributed by atoms with Crippen molar-refractivity contribution in [1.29, 1.82) is 0 Å². The summed E-state index contributed by atoms with van der Waals surface area (Å²) in [5, 5.41) is -0.0419. The zero-order chi connectivity index (χ0) is 35.5. The van der Waals surface area contributed by atoms with Gasteiger partial charge in [0.05, 0.1) is 16.5 Å². The molecule has 1 amide bonds. The SMILES string of the molecule is CO[C@@]1(CCN(C)C2CCCC2)/C=C/C[C@H](C)[C@@H](C)S(=O)(=O)NC(=O)c2ccc3c(c2)N(CCCCc2cc(Cl)ccc2CO3)C[C@@H]2CC[C@H]21. The molecule has 2 saturated carbocycles. The van der Waals surface area contributed by atoms with Crippen LogP contribution in [-0.4, -0.2) is 69.9 Å². The van der Waals surface area contributed by atoms with E-state index in [-0.39, 0.29) is 5.92 Å². The Bertz CT molecular complexity index is 1640. The van der Waals surface area contributed by atoms with Gasteiger partial charge in [-0.15, -0.1) is 0 Å². The second-order valence-electron chi connectivity index (χ2n) is 15.4. The summed E-state index contributed by atoms with van der Waals surface area (Å²) in [4.78, 5) is 18.5. The van der Waals surface area contributed by atoms with E-state index in [4.69, 9.17) is 21.1 Å². The number of nitrogens with zero attached hydrogens (tertiary/aromatic N) is 2. The molecule has 274 valence electrons. The van der Waals surface area contributed by atoms with E-state index >= 15 is 0 Å². The van der Waals surface area contributed by atoms with Crippen LogP contribution in [0.15, 0.2) is 48.6 Å². The van der Waals surface area contributed by atoms with Crippen LogP contribution in [0.1, 0.15) is 99.5 Å². The number of allylic oxidation sites excluding steroid dienone is 1. The molecule has 6 rings (SSSR count). The van der Waals surface area contributed by atoms with Crippen molar-refractivity contribution < 1.29 is 22.7 Å². The number of aryl methyl sites for hydroxylation is 1. The lowest BCUT2D eigenvalue weighted by molar-refractivity contribution is -0.0839. The number of rotatable bonds is 5. The van der Waals surface area contributed by atoms with Crippen molar-refractivity contribution in [3.8, 4) is 5.75 Å². The van der Waals surface area contributed by atoms with Crippen molar-refractivity contribution in [2.45, 2.75) is 108 Å². The third-order valence-electron chi connectivity index (χ3n) is 12.4. The first-order valence-electron chi connectivity index (χ1n) is 18.8. The maximum Gasteiger partial charge on any atom is 0.264 e. The molecular formula is C40H56ClN3O5S. The number of nitrogens with one attached hydrogen (secondary N) is 1. The van der Waals surface area contributed by atoms with Gasteiger partial charge in [-0.1, -0.05) is 49.6 Å². The van der Waals surface area contributed by atoms with Crippen molar-refractivity contribution in [3.63, 3.8) is 0 Å². The summed E-state index contributed by atoms with van der Waals surface area (Å²) >= 11 is 6.39. The van der Waals surface area contributed by atoms with Crippen molar-refractivity contribution in [1.82, 2.24) is 9.62 Å². The van der Waals surface area contributed by atoms with Gasteiger partial charge in [0.1, 0.15) is 12.4 Å². The molecule has 2 aliphatic carbocycles. The second-order valence-corrected chi connectivity index (χ2v) is 17.8. The highest BCUT2D eigenvalue weighted by Gasteiger charge is 2.47. The number of ether oxygens (including phenoxy) is 2. The van der Waals surface area contributed by atoms with Crippen molar-refractivity contribution in [2.24, 2.45) is 17.8 Å². The minimum Gasteiger partial charge on any atom is -0.487 e. The summed E-state index contributed by atoms with van der Waals surface area (Å²) in [5.41, 5.74) is 2.96. The van der Waals surface area contributed by atoms with E-state index in [9.17, 15) is 13.2 Å². The number of benzene rings is 2. The minimum atomic E-state index is -3.94. The zero-order valence-electron chi connectivity index (χ0n) is 30.3. The molecule has 8 nitrogen and oxygen atoms in total. The van der Waals surface area contributed by atoms with Crippen LogP contribution in [0.25, 0.3) is 0 Å². The van der Waals surface area contributed by atoms with E-state index in [0.29, 0.717) is 42.2 Å². The maximum atomic E-state index is 13.6. The molecule has 2 heterocycles. The molecule has 5 atom stereocenters. The van der Waals surface area contributed by atoms with Crippen molar-refractivity contribution >= 4 is 33.2 Å². The molecule has 4 aliphatic rings. The standard InChI is InChI=1S/C40H56ClN3O5S/c1-28-10-9-20-40(48-4,21-23-43(3)35-12-5-6-13-35)36-18-15-32(36)26-44-22-8-7-11-30-24-34(41)17-14-33(30)27-49-38-19-16-31(25-37(38)44)39(45)42-50(46,47)29(28)2/h9,14,16-17,19-20,24-25,28-29,32,35-36H,5-8,10-13,15,18,21-23,26-27H2,1-4H3,(H,42,45)/b20-9+/t28-,29+,32-,36+,40+/m0/s1. The van der Waals surface area contributed by atoms with Crippen LogP contribution >= 0.6 is 11.6 Å². The number of carbonyl (C=O) groups is 1. The van der Waals surface area contributed by atoms with Crippen molar-refractivity contribution in [3.05, 3.63) is 70.3 Å². The fourth-order valence-electron chi connectivity index (χ4n) is 8.65. The second kappa shape index (κ2) is 16.0. The number of halogens is 1. The lowest BCUT2D eigenvalue weighted by atomic mass is 9.63. The third kappa shape index (κ3) is 8.22. The molecule has 0 unspecified atom stereocenters. The Morgan fingerprint density at radius 2 is 1.84 bits per heavy atom. The Kier molecular flexibility index (Phi) is 11.9. The fourth-order valence-corrected chi connectivity index (χ4v) is 10.1. The van der Waals surface area contributed by atoms with Gasteiger partial charge in [-0.3, -0.25) is 4.79 Å². The number of anilines is 1. The number of carbonyl (C=O) groups excluding carboxylic acids is 1. The van der Waals surface area contributed by atoms with E-state index in [1.165, 1.54) is 31.2 Å². The number of methoxy groups -OCH3 is 1. The third-order valence-corrected chi connectivity index (χ3v) is 14.5. The molecule has 0 spiro atoms. The van der Waals surface area contributed by atoms with Crippen LogP contribution < -0.4 is 14.4 Å². The highest BCUT2D eigenvalue weighted by Crippen LogP contribution is 2.48. The van der Waals surface area contributed by atoms with Gasteiger partial charge in [0.15, 0.2) is 0 Å². The molecule has 0 radical (unpaired) electrons. The first-order valence-corrected chi connectivity index (χ1v) is 20.7. The Hall–Kier alpha value is -2.59. The smallest absolute Gasteiger partial charge is 0.264 e. The lowest BCUT2D eigenvalue weighted by Crippen LogP contribution is -2.52. The van der Waals surface area contributed by atoms with Gasteiger partial charge in [0.2, 0.25) is 10.0 Å². The van der Waals surface area contributed by atoms with Crippen LogP contribution in [0.3, 0.4) is 0 Å². The number of hydrogen-bond acceptors (Lipinski definition) is 7. The quantitative estimate of drug-likeness (QED) is 0.315. The number of hydrogen-bond donors (Lipinski definition) is 1.